The quantitative estimate of drug-likeness (QED) is 0.514. The summed E-state index contributed by atoms with van der Waals surface area (Å²) >= 11 is 0. The molecule has 0 spiro atoms. The van der Waals surface area contributed by atoms with Crippen molar-refractivity contribution >= 4 is 16.8 Å². The van der Waals surface area contributed by atoms with Crippen LogP contribution in [0, 0.1) is 0 Å². The van der Waals surface area contributed by atoms with Crippen molar-refractivity contribution in [3.63, 3.8) is 0 Å². The highest BCUT2D eigenvalue weighted by Gasteiger charge is 2.29. The summed E-state index contributed by atoms with van der Waals surface area (Å²) in [4.78, 5) is 0. The van der Waals surface area contributed by atoms with Crippen LogP contribution in [0.5, 0.6) is 0 Å². The molecule has 0 saturated carbocycles. The monoisotopic (exact) mass is 286 g/mol. The minimum Gasteiger partial charge on any atom is -0.386 e. The lowest BCUT2D eigenvalue weighted by Gasteiger charge is -2.24. The van der Waals surface area contributed by atoms with Gasteiger partial charge in [-0.3, -0.25) is 0 Å². The van der Waals surface area contributed by atoms with Crippen molar-refractivity contribution in [3.8, 4) is 22.3 Å². The van der Waals surface area contributed by atoms with Crippen molar-refractivity contribution in [1.82, 2.24) is 0 Å². The molecule has 2 atom stereocenters. The standard InChI is InChI=1S/C20H14O2/c21-17-10-9-14-15(20(17)22)8-7-13-12-5-1-3-11-4-2-6-16(18(11)12)19(13)14/h1-10,17,20-22H/t17-,20-/m0/s1. The second-order valence-corrected chi connectivity index (χ2v) is 5.99. The van der Waals surface area contributed by atoms with Gasteiger partial charge in [-0.25, -0.2) is 0 Å². The van der Waals surface area contributed by atoms with Crippen LogP contribution in [-0.4, -0.2) is 16.3 Å². The van der Waals surface area contributed by atoms with Gasteiger partial charge in [0, 0.05) is 0 Å². The zero-order valence-corrected chi connectivity index (χ0v) is 11.8. The largest absolute Gasteiger partial charge is 0.386 e. The Balaban J connectivity index is 1.93. The number of aliphatic hydroxyl groups excluding tert-OH is 2. The molecule has 0 fully saturated rings. The fourth-order valence-corrected chi connectivity index (χ4v) is 3.85. The van der Waals surface area contributed by atoms with Crippen LogP contribution in [0.4, 0.5) is 0 Å². The first-order valence-corrected chi connectivity index (χ1v) is 7.49. The molecule has 0 heterocycles. The highest BCUT2D eigenvalue weighted by molar-refractivity contribution is 6.16. The molecule has 5 rings (SSSR count). The molecule has 0 bridgehead atoms. The highest BCUT2D eigenvalue weighted by atomic mass is 16.3. The predicted octanol–water partition coefficient (Wildman–Crippen LogP) is 3.91. The van der Waals surface area contributed by atoms with Crippen LogP contribution in [0.2, 0.25) is 0 Å². The second kappa shape index (κ2) is 4.07. The van der Waals surface area contributed by atoms with Crippen molar-refractivity contribution in [3.05, 3.63) is 65.7 Å². The van der Waals surface area contributed by atoms with E-state index in [2.05, 4.69) is 42.5 Å². The van der Waals surface area contributed by atoms with Crippen molar-refractivity contribution in [2.24, 2.45) is 0 Å². The summed E-state index contributed by atoms with van der Waals surface area (Å²) < 4.78 is 0. The van der Waals surface area contributed by atoms with Crippen LogP contribution in [-0.2, 0) is 0 Å². The van der Waals surface area contributed by atoms with Gasteiger partial charge < -0.3 is 10.2 Å². The van der Waals surface area contributed by atoms with E-state index in [4.69, 9.17) is 0 Å². The number of hydrogen-bond acceptors (Lipinski definition) is 2. The maximum absolute atomic E-state index is 10.3. The van der Waals surface area contributed by atoms with E-state index >= 15 is 0 Å². The Kier molecular flexibility index (Phi) is 2.25. The first kappa shape index (κ1) is 12.2. The van der Waals surface area contributed by atoms with E-state index in [0.717, 1.165) is 11.1 Å². The fourth-order valence-electron chi connectivity index (χ4n) is 3.85. The molecular weight excluding hydrogens is 272 g/mol. The Morgan fingerprint density at radius 1 is 0.773 bits per heavy atom. The van der Waals surface area contributed by atoms with Gasteiger partial charge in [0.2, 0.25) is 0 Å². The maximum Gasteiger partial charge on any atom is 0.109 e. The van der Waals surface area contributed by atoms with E-state index in [1.807, 2.05) is 12.1 Å². The third-order valence-electron chi connectivity index (χ3n) is 4.85. The first-order valence-electron chi connectivity index (χ1n) is 7.49. The Morgan fingerprint density at radius 2 is 1.55 bits per heavy atom. The molecule has 0 amide bonds. The third kappa shape index (κ3) is 1.36. The predicted molar refractivity (Wildman–Crippen MR) is 88.4 cm³/mol. The molecule has 0 saturated heterocycles. The Morgan fingerprint density at radius 3 is 2.36 bits per heavy atom. The van der Waals surface area contributed by atoms with Crippen molar-refractivity contribution in [1.29, 1.82) is 0 Å². The molecule has 2 heteroatoms. The normalized spacial score (nSPS) is 21.0. The molecule has 22 heavy (non-hydrogen) atoms. The van der Waals surface area contributed by atoms with E-state index in [1.165, 1.54) is 33.0 Å². The molecule has 0 unspecified atom stereocenters. The van der Waals surface area contributed by atoms with E-state index in [1.54, 1.807) is 6.08 Å². The molecule has 3 aromatic carbocycles. The number of benzene rings is 3. The third-order valence-corrected chi connectivity index (χ3v) is 4.85. The molecule has 0 aliphatic heterocycles. The van der Waals surface area contributed by atoms with Gasteiger partial charge >= 0.3 is 0 Å². The smallest absolute Gasteiger partial charge is 0.109 e. The summed E-state index contributed by atoms with van der Waals surface area (Å²) in [5, 5.41) is 22.6. The van der Waals surface area contributed by atoms with E-state index < -0.39 is 12.2 Å². The second-order valence-electron chi connectivity index (χ2n) is 5.99. The average Bonchev–Trinajstić information content (AvgIpc) is 2.88. The fraction of sp³-hybridized carbons (Fsp3) is 0.100. The SMILES string of the molecule is O[C@H]1C=Cc2c(ccc3c2-c2cccc4cccc-3c24)[C@@H]1O. The zero-order valence-electron chi connectivity index (χ0n) is 11.8. The van der Waals surface area contributed by atoms with Crippen LogP contribution in [0.15, 0.2) is 54.6 Å². The average molecular weight is 286 g/mol. The minimum absolute atomic E-state index is 0.804. The van der Waals surface area contributed by atoms with Gasteiger partial charge in [-0.1, -0.05) is 60.7 Å². The summed E-state index contributed by atoms with van der Waals surface area (Å²) in [6.07, 6.45) is 1.94. The molecule has 2 aliphatic rings. The van der Waals surface area contributed by atoms with E-state index in [9.17, 15) is 10.2 Å². The van der Waals surface area contributed by atoms with Gasteiger partial charge in [-0.2, -0.15) is 0 Å². The summed E-state index contributed by atoms with van der Waals surface area (Å²) in [5.74, 6) is 0. The van der Waals surface area contributed by atoms with E-state index in [-0.39, 0.29) is 0 Å². The molecule has 2 N–H and O–H groups in total. The minimum atomic E-state index is -0.854. The lowest BCUT2D eigenvalue weighted by molar-refractivity contribution is 0.0470. The lowest BCUT2D eigenvalue weighted by Crippen LogP contribution is -2.19. The Labute approximate surface area is 128 Å². The topological polar surface area (TPSA) is 40.5 Å². The molecule has 2 aliphatic carbocycles. The van der Waals surface area contributed by atoms with Crippen molar-refractivity contribution in [2.45, 2.75) is 12.2 Å². The van der Waals surface area contributed by atoms with E-state index in [0.29, 0.717) is 0 Å². The molecule has 2 nitrogen and oxygen atoms in total. The van der Waals surface area contributed by atoms with Crippen molar-refractivity contribution in [2.75, 3.05) is 0 Å². The van der Waals surface area contributed by atoms with Crippen LogP contribution in [0.1, 0.15) is 17.2 Å². The molecule has 0 aromatic heterocycles. The van der Waals surface area contributed by atoms with Gasteiger partial charge in [0.1, 0.15) is 12.2 Å². The molecule has 0 radical (unpaired) electrons. The zero-order chi connectivity index (χ0) is 14.8. The van der Waals surface area contributed by atoms with Crippen LogP contribution in [0.25, 0.3) is 39.1 Å². The Hall–Kier alpha value is -2.42. The number of aliphatic hydroxyl groups is 2. The van der Waals surface area contributed by atoms with Crippen LogP contribution in [0.3, 0.4) is 0 Å². The van der Waals surface area contributed by atoms with Gasteiger partial charge in [-0.05, 0) is 44.2 Å². The lowest BCUT2D eigenvalue weighted by atomic mass is 9.86. The summed E-state index contributed by atoms with van der Waals surface area (Å²) in [7, 11) is 0. The molecule has 106 valence electrons. The summed E-state index contributed by atoms with van der Waals surface area (Å²) in [5.41, 5.74) is 6.68. The first-order chi connectivity index (χ1) is 10.8. The van der Waals surface area contributed by atoms with Gasteiger partial charge in [-0.15, -0.1) is 0 Å². The summed E-state index contributed by atoms with van der Waals surface area (Å²) in [6.45, 7) is 0. The van der Waals surface area contributed by atoms with Gasteiger partial charge in [0.25, 0.3) is 0 Å². The number of fused-ring (bicyclic) bond motifs is 5. The van der Waals surface area contributed by atoms with Crippen molar-refractivity contribution < 1.29 is 10.2 Å². The van der Waals surface area contributed by atoms with Gasteiger partial charge in [0.05, 0.1) is 0 Å². The molecule has 3 aromatic rings. The Bertz CT molecular complexity index is 964. The molecular formula is C20H14O2. The van der Waals surface area contributed by atoms with Crippen LogP contribution >= 0.6 is 0 Å². The maximum atomic E-state index is 10.3. The highest BCUT2D eigenvalue weighted by Crippen LogP contribution is 2.50. The number of rotatable bonds is 0. The summed E-state index contributed by atoms with van der Waals surface area (Å²) in [6, 6.07) is 16.7. The number of hydrogen-bond donors (Lipinski definition) is 2. The van der Waals surface area contributed by atoms with Crippen LogP contribution < -0.4 is 0 Å². The van der Waals surface area contributed by atoms with Gasteiger partial charge in [0.15, 0.2) is 0 Å².